The van der Waals surface area contributed by atoms with Gasteiger partial charge in [0.05, 0.1) is 0 Å². The molecular formula is C24H21N2O+. The maximum absolute atomic E-state index is 12.9. The van der Waals surface area contributed by atoms with Crippen molar-refractivity contribution in [3.05, 3.63) is 97.3 Å². The van der Waals surface area contributed by atoms with E-state index in [4.69, 9.17) is 0 Å². The zero-order chi connectivity index (χ0) is 18.6. The summed E-state index contributed by atoms with van der Waals surface area (Å²) < 4.78 is 1.95. The number of pyridine rings is 1. The Labute approximate surface area is 158 Å². The van der Waals surface area contributed by atoms with Crippen molar-refractivity contribution in [2.45, 2.75) is 13.0 Å². The molecular weight excluding hydrogens is 332 g/mol. The summed E-state index contributed by atoms with van der Waals surface area (Å²) in [5.74, 6) is -0.0429. The van der Waals surface area contributed by atoms with Crippen molar-refractivity contribution in [1.82, 2.24) is 0 Å². The molecule has 1 heterocycles. The highest BCUT2D eigenvalue weighted by atomic mass is 16.2. The molecule has 132 valence electrons. The quantitative estimate of drug-likeness (QED) is 0.515. The lowest BCUT2D eigenvalue weighted by Gasteiger charge is -2.13. The van der Waals surface area contributed by atoms with Crippen LogP contribution < -0.4 is 9.88 Å². The maximum atomic E-state index is 12.9. The molecule has 0 aliphatic rings. The van der Waals surface area contributed by atoms with Crippen LogP contribution in [0.1, 0.15) is 13.0 Å². The van der Waals surface area contributed by atoms with Crippen LogP contribution in [0.4, 0.5) is 5.69 Å². The number of nitrogens with zero attached hydrogens (tertiary/aromatic N) is 1. The Morgan fingerprint density at radius 3 is 2.30 bits per heavy atom. The highest BCUT2D eigenvalue weighted by Gasteiger charge is 2.23. The van der Waals surface area contributed by atoms with Gasteiger partial charge in [0.1, 0.15) is 0 Å². The molecule has 3 heteroatoms. The standard InChI is InChI=1S/C24H20N2O/c1-18(26-16-15-19-9-5-6-12-21(19)17-26)24(27)25-23-14-8-7-13-22(23)20-10-3-2-4-11-20/h2-18H,1H3/p+1/t18-/m0/s1. The first-order chi connectivity index (χ1) is 13.2. The molecule has 0 saturated carbocycles. The first kappa shape index (κ1) is 17.0. The largest absolute Gasteiger partial charge is 0.320 e. The number of hydrogen-bond donors (Lipinski definition) is 1. The van der Waals surface area contributed by atoms with Crippen molar-refractivity contribution in [2.24, 2.45) is 0 Å². The lowest BCUT2D eigenvalue weighted by atomic mass is 10.0. The van der Waals surface area contributed by atoms with Crippen molar-refractivity contribution >= 4 is 22.4 Å². The number of rotatable bonds is 4. The van der Waals surface area contributed by atoms with Gasteiger partial charge in [0.25, 0.3) is 5.91 Å². The van der Waals surface area contributed by atoms with Gasteiger partial charge in [0.2, 0.25) is 6.04 Å². The van der Waals surface area contributed by atoms with Crippen molar-refractivity contribution in [3.8, 4) is 11.1 Å². The van der Waals surface area contributed by atoms with Crippen LogP contribution in [-0.2, 0) is 4.79 Å². The van der Waals surface area contributed by atoms with Gasteiger partial charge in [-0.25, -0.2) is 0 Å². The van der Waals surface area contributed by atoms with Crippen LogP contribution in [0, 0.1) is 0 Å². The molecule has 3 aromatic carbocycles. The fourth-order valence-electron chi connectivity index (χ4n) is 3.23. The molecule has 0 spiro atoms. The van der Waals surface area contributed by atoms with Gasteiger partial charge in [-0.05, 0) is 23.1 Å². The fourth-order valence-corrected chi connectivity index (χ4v) is 3.23. The minimum atomic E-state index is -0.321. The van der Waals surface area contributed by atoms with Crippen molar-refractivity contribution in [3.63, 3.8) is 0 Å². The molecule has 3 nitrogen and oxygen atoms in total. The summed E-state index contributed by atoms with van der Waals surface area (Å²) in [6, 6.07) is 27.9. The van der Waals surface area contributed by atoms with Crippen LogP contribution >= 0.6 is 0 Å². The fraction of sp³-hybridized carbons (Fsp3) is 0.0833. The molecule has 0 fully saturated rings. The minimum Gasteiger partial charge on any atom is -0.320 e. The van der Waals surface area contributed by atoms with Gasteiger partial charge in [-0.1, -0.05) is 66.7 Å². The Morgan fingerprint density at radius 1 is 0.815 bits per heavy atom. The van der Waals surface area contributed by atoms with E-state index in [0.717, 1.165) is 27.6 Å². The van der Waals surface area contributed by atoms with Crippen molar-refractivity contribution in [1.29, 1.82) is 0 Å². The predicted molar refractivity (Wildman–Crippen MR) is 109 cm³/mol. The van der Waals surface area contributed by atoms with Gasteiger partial charge in [0.15, 0.2) is 12.4 Å². The van der Waals surface area contributed by atoms with E-state index in [0.29, 0.717) is 0 Å². The SMILES string of the molecule is C[C@@H](C(=O)Nc1ccccc1-c1ccccc1)[n+]1ccc2ccccc2c1. The average Bonchev–Trinajstić information content (AvgIpc) is 2.74. The summed E-state index contributed by atoms with van der Waals surface area (Å²) in [5.41, 5.74) is 2.92. The highest BCUT2D eigenvalue weighted by molar-refractivity contribution is 5.96. The zero-order valence-electron chi connectivity index (χ0n) is 15.2. The number of nitrogens with one attached hydrogen (secondary N) is 1. The number of carbonyl (C=O) groups is 1. The molecule has 1 amide bonds. The number of aromatic nitrogens is 1. The Balaban J connectivity index is 1.60. The van der Waals surface area contributed by atoms with Crippen LogP contribution in [0.25, 0.3) is 21.9 Å². The van der Waals surface area contributed by atoms with Crippen molar-refractivity contribution in [2.75, 3.05) is 5.32 Å². The Kier molecular flexibility index (Phi) is 4.67. The number of fused-ring (bicyclic) bond motifs is 1. The summed E-state index contributed by atoms with van der Waals surface area (Å²) in [5, 5.41) is 5.37. The summed E-state index contributed by atoms with van der Waals surface area (Å²) >= 11 is 0. The highest BCUT2D eigenvalue weighted by Crippen LogP contribution is 2.27. The van der Waals surface area contributed by atoms with Gasteiger partial charge in [-0.2, -0.15) is 4.57 Å². The van der Waals surface area contributed by atoms with Crippen LogP contribution in [0.15, 0.2) is 97.3 Å². The molecule has 0 radical (unpaired) electrons. The third kappa shape index (κ3) is 3.58. The number of carbonyl (C=O) groups excluding carboxylic acids is 1. The molecule has 1 atom stereocenters. The maximum Gasteiger partial charge on any atom is 0.293 e. The topological polar surface area (TPSA) is 33.0 Å². The molecule has 0 unspecified atom stereocenters. The third-order valence-electron chi connectivity index (χ3n) is 4.81. The van der Waals surface area contributed by atoms with Crippen LogP contribution in [0.5, 0.6) is 0 Å². The summed E-state index contributed by atoms with van der Waals surface area (Å²) in [4.78, 5) is 12.9. The van der Waals surface area contributed by atoms with Crippen molar-refractivity contribution < 1.29 is 9.36 Å². The lowest BCUT2D eigenvalue weighted by molar-refractivity contribution is -0.704. The minimum absolute atomic E-state index is 0.0429. The number of para-hydroxylation sites is 1. The predicted octanol–water partition coefficient (Wildman–Crippen LogP) is 4.99. The third-order valence-corrected chi connectivity index (χ3v) is 4.81. The second-order valence-corrected chi connectivity index (χ2v) is 6.60. The van der Waals surface area contributed by atoms with Gasteiger partial charge in [-0.15, -0.1) is 0 Å². The molecule has 0 aliphatic heterocycles. The molecule has 4 rings (SSSR count). The average molecular weight is 353 g/mol. The Hall–Kier alpha value is -3.46. The van der Waals surface area contributed by atoms with Gasteiger partial charge >= 0.3 is 0 Å². The smallest absolute Gasteiger partial charge is 0.293 e. The number of amides is 1. The van der Waals surface area contributed by atoms with Gasteiger partial charge in [-0.3, -0.25) is 4.79 Å². The molecule has 0 bridgehead atoms. The van der Waals surface area contributed by atoms with E-state index in [2.05, 4.69) is 17.4 Å². The molecule has 1 N–H and O–H groups in total. The molecule has 1 aromatic heterocycles. The summed E-state index contributed by atoms with van der Waals surface area (Å²) in [6.45, 7) is 1.91. The van der Waals surface area contributed by atoms with E-state index in [-0.39, 0.29) is 11.9 Å². The second-order valence-electron chi connectivity index (χ2n) is 6.60. The monoisotopic (exact) mass is 353 g/mol. The molecule has 4 aromatic rings. The molecule has 0 aliphatic carbocycles. The van der Waals surface area contributed by atoms with Crippen LogP contribution in [0.2, 0.25) is 0 Å². The first-order valence-corrected chi connectivity index (χ1v) is 9.07. The van der Waals surface area contributed by atoms with Gasteiger partial charge in [0, 0.05) is 29.6 Å². The van der Waals surface area contributed by atoms with E-state index in [1.165, 1.54) is 0 Å². The number of benzene rings is 3. The van der Waals surface area contributed by atoms with E-state index < -0.39 is 0 Å². The zero-order valence-corrected chi connectivity index (χ0v) is 15.2. The van der Waals surface area contributed by atoms with Gasteiger partial charge < -0.3 is 5.32 Å². The van der Waals surface area contributed by atoms with E-state index >= 15 is 0 Å². The van der Waals surface area contributed by atoms with Crippen LogP contribution in [-0.4, -0.2) is 5.91 Å². The second kappa shape index (κ2) is 7.42. The summed E-state index contributed by atoms with van der Waals surface area (Å²) in [7, 11) is 0. The first-order valence-electron chi connectivity index (χ1n) is 9.07. The normalized spacial score (nSPS) is 11.9. The number of anilines is 1. The molecule has 27 heavy (non-hydrogen) atoms. The Bertz CT molecular complexity index is 1090. The molecule has 0 saturated heterocycles. The van der Waals surface area contributed by atoms with Crippen LogP contribution in [0.3, 0.4) is 0 Å². The summed E-state index contributed by atoms with van der Waals surface area (Å²) in [6.07, 6.45) is 3.97. The van der Waals surface area contributed by atoms with E-state index in [1.807, 2.05) is 96.7 Å². The van der Waals surface area contributed by atoms with E-state index in [1.54, 1.807) is 0 Å². The van der Waals surface area contributed by atoms with E-state index in [9.17, 15) is 4.79 Å². The number of hydrogen-bond acceptors (Lipinski definition) is 1. The lowest BCUT2D eigenvalue weighted by Crippen LogP contribution is -2.44. The Morgan fingerprint density at radius 2 is 1.48 bits per heavy atom.